The average molecular weight is 327 g/mol. The van der Waals surface area contributed by atoms with E-state index < -0.39 is 0 Å². The van der Waals surface area contributed by atoms with E-state index in [1.807, 2.05) is 53.8 Å². The normalized spacial score (nSPS) is 11.1. The van der Waals surface area contributed by atoms with Crippen LogP contribution in [0.2, 0.25) is 0 Å². The van der Waals surface area contributed by atoms with E-state index in [1.165, 1.54) is 0 Å². The third-order valence-electron chi connectivity index (χ3n) is 3.95. The summed E-state index contributed by atoms with van der Waals surface area (Å²) in [5.41, 5.74) is 4.73. The first-order valence-electron chi connectivity index (χ1n) is 7.81. The van der Waals surface area contributed by atoms with Crippen LogP contribution in [0.3, 0.4) is 0 Å². The Hall–Kier alpha value is -2.67. The van der Waals surface area contributed by atoms with Gasteiger partial charge in [0, 0.05) is 26.3 Å². The van der Waals surface area contributed by atoms with E-state index >= 15 is 0 Å². The highest BCUT2D eigenvalue weighted by molar-refractivity contribution is 5.94. The van der Waals surface area contributed by atoms with E-state index in [1.54, 1.807) is 7.11 Å². The van der Waals surface area contributed by atoms with Crippen LogP contribution in [0.4, 0.5) is 0 Å². The van der Waals surface area contributed by atoms with Crippen molar-refractivity contribution in [1.29, 1.82) is 0 Å². The minimum absolute atomic E-state index is 0.0943. The highest BCUT2D eigenvalue weighted by atomic mass is 16.5. The molecule has 3 aromatic rings. The van der Waals surface area contributed by atoms with Crippen LogP contribution in [0.1, 0.15) is 21.6 Å². The fourth-order valence-electron chi connectivity index (χ4n) is 2.73. The van der Waals surface area contributed by atoms with Gasteiger partial charge in [-0.25, -0.2) is 0 Å². The van der Waals surface area contributed by atoms with E-state index in [0.717, 1.165) is 22.3 Å². The van der Waals surface area contributed by atoms with Gasteiger partial charge in [-0.3, -0.25) is 14.2 Å². The number of aryl methyl sites for hydroxylation is 2. The zero-order valence-corrected chi connectivity index (χ0v) is 14.1. The van der Waals surface area contributed by atoms with Gasteiger partial charge in [-0.05, 0) is 24.6 Å². The van der Waals surface area contributed by atoms with Crippen LogP contribution in [-0.4, -0.2) is 45.7 Å². The van der Waals surface area contributed by atoms with Crippen LogP contribution in [-0.2, 0) is 18.3 Å². The van der Waals surface area contributed by atoms with Gasteiger partial charge < -0.3 is 10.1 Å². The molecule has 7 heteroatoms. The maximum atomic E-state index is 12.0. The second kappa shape index (κ2) is 6.84. The van der Waals surface area contributed by atoms with Crippen molar-refractivity contribution in [3.8, 4) is 0 Å². The first-order valence-corrected chi connectivity index (χ1v) is 7.81. The number of carbonyl (C=O) groups is 1. The van der Waals surface area contributed by atoms with Gasteiger partial charge in [0.05, 0.1) is 25.0 Å². The lowest BCUT2D eigenvalue weighted by atomic mass is 10.1. The zero-order chi connectivity index (χ0) is 17.1. The molecule has 1 aromatic carbocycles. The van der Waals surface area contributed by atoms with Crippen molar-refractivity contribution in [3.63, 3.8) is 0 Å². The van der Waals surface area contributed by atoms with E-state index in [9.17, 15) is 4.79 Å². The number of hydrogen-bond donors (Lipinski definition) is 1. The molecule has 0 aliphatic carbocycles. The maximum absolute atomic E-state index is 12.0. The number of amides is 1. The molecule has 1 amide bonds. The molecular formula is C17H21N5O2. The Labute approximate surface area is 140 Å². The van der Waals surface area contributed by atoms with Crippen molar-refractivity contribution in [1.82, 2.24) is 24.9 Å². The second-order valence-electron chi connectivity index (χ2n) is 5.69. The molecule has 0 fully saturated rings. The fourth-order valence-corrected chi connectivity index (χ4v) is 2.73. The van der Waals surface area contributed by atoms with Gasteiger partial charge in [0.2, 0.25) is 0 Å². The third kappa shape index (κ3) is 3.16. The van der Waals surface area contributed by atoms with E-state index in [0.29, 0.717) is 25.3 Å². The summed E-state index contributed by atoms with van der Waals surface area (Å²) in [5.74, 6) is -0.0943. The summed E-state index contributed by atoms with van der Waals surface area (Å²) >= 11 is 0. The quantitative estimate of drug-likeness (QED) is 0.696. The van der Waals surface area contributed by atoms with Gasteiger partial charge in [-0.15, -0.1) is 0 Å². The Kier molecular flexibility index (Phi) is 4.61. The summed E-state index contributed by atoms with van der Waals surface area (Å²) in [4.78, 5) is 12.0. The molecule has 0 unspecified atom stereocenters. The summed E-state index contributed by atoms with van der Waals surface area (Å²) in [6.07, 6.45) is 1.83. The van der Waals surface area contributed by atoms with Gasteiger partial charge in [0.25, 0.3) is 5.91 Å². The van der Waals surface area contributed by atoms with Gasteiger partial charge >= 0.3 is 0 Å². The molecule has 126 valence electrons. The largest absolute Gasteiger partial charge is 0.383 e. The van der Waals surface area contributed by atoms with Crippen molar-refractivity contribution < 1.29 is 9.53 Å². The summed E-state index contributed by atoms with van der Waals surface area (Å²) in [7, 11) is 3.52. The van der Waals surface area contributed by atoms with Crippen LogP contribution in [0.5, 0.6) is 0 Å². The molecule has 1 N–H and O–H groups in total. The second-order valence-corrected chi connectivity index (χ2v) is 5.69. The zero-order valence-electron chi connectivity index (χ0n) is 14.1. The van der Waals surface area contributed by atoms with E-state index in [4.69, 9.17) is 4.74 Å². The molecule has 7 nitrogen and oxygen atoms in total. The molecule has 24 heavy (non-hydrogen) atoms. The number of benzene rings is 1. The van der Waals surface area contributed by atoms with E-state index in [2.05, 4.69) is 15.5 Å². The maximum Gasteiger partial charge on any atom is 0.251 e. The minimum atomic E-state index is -0.0943. The predicted molar refractivity (Wildman–Crippen MR) is 91.0 cm³/mol. The summed E-state index contributed by atoms with van der Waals surface area (Å²) < 4.78 is 8.69. The topological polar surface area (TPSA) is 74.0 Å². The van der Waals surface area contributed by atoms with Gasteiger partial charge in [-0.1, -0.05) is 12.1 Å². The molecule has 0 saturated heterocycles. The van der Waals surface area contributed by atoms with Crippen LogP contribution in [0.25, 0.3) is 11.0 Å². The van der Waals surface area contributed by atoms with Crippen molar-refractivity contribution in [2.75, 3.05) is 20.3 Å². The number of carbonyl (C=O) groups excluding carboxylic acids is 1. The van der Waals surface area contributed by atoms with Gasteiger partial charge in [-0.2, -0.15) is 10.2 Å². The lowest BCUT2D eigenvalue weighted by Crippen LogP contribution is -2.26. The van der Waals surface area contributed by atoms with Crippen LogP contribution in [0.15, 0.2) is 30.5 Å². The lowest BCUT2D eigenvalue weighted by Gasteiger charge is -2.07. The highest BCUT2D eigenvalue weighted by Crippen LogP contribution is 2.18. The predicted octanol–water partition coefficient (Wildman–Crippen LogP) is 1.50. The number of aromatic nitrogens is 4. The number of fused-ring (bicyclic) bond motifs is 1. The molecular weight excluding hydrogens is 306 g/mol. The number of nitrogens with one attached hydrogen (secondary N) is 1. The van der Waals surface area contributed by atoms with Crippen molar-refractivity contribution in [3.05, 3.63) is 47.3 Å². The Morgan fingerprint density at radius 1 is 1.29 bits per heavy atom. The molecule has 0 bridgehead atoms. The SMILES string of the molecule is COCCNC(=O)c1ccc(Cn2ncc3c2c(C)nn3C)cc1. The average Bonchev–Trinajstić information content (AvgIpc) is 3.11. The van der Waals surface area contributed by atoms with Crippen LogP contribution < -0.4 is 5.32 Å². The Bertz CT molecular complexity index is 848. The van der Waals surface area contributed by atoms with Crippen LogP contribution in [0, 0.1) is 6.92 Å². The number of nitrogens with zero attached hydrogens (tertiary/aromatic N) is 4. The third-order valence-corrected chi connectivity index (χ3v) is 3.95. The number of ether oxygens (including phenoxy) is 1. The number of rotatable bonds is 6. The summed E-state index contributed by atoms with van der Waals surface area (Å²) in [5, 5.41) is 11.7. The molecule has 2 heterocycles. The monoisotopic (exact) mass is 327 g/mol. The molecule has 0 radical (unpaired) electrons. The van der Waals surface area contributed by atoms with E-state index in [-0.39, 0.29) is 5.91 Å². The Morgan fingerprint density at radius 3 is 2.75 bits per heavy atom. The fraction of sp³-hybridized carbons (Fsp3) is 0.353. The molecule has 0 saturated carbocycles. The van der Waals surface area contributed by atoms with Crippen LogP contribution >= 0.6 is 0 Å². The highest BCUT2D eigenvalue weighted by Gasteiger charge is 2.12. The van der Waals surface area contributed by atoms with Gasteiger partial charge in [0.1, 0.15) is 11.0 Å². The first-order chi connectivity index (χ1) is 11.6. The summed E-state index contributed by atoms with van der Waals surface area (Å²) in [6, 6.07) is 7.55. The minimum Gasteiger partial charge on any atom is -0.383 e. The lowest BCUT2D eigenvalue weighted by molar-refractivity contribution is 0.0937. The number of methoxy groups -OCH3 is 1. The van der Waals surface area contributed by atoms with Crippen molar-refractivity contribution in [2.24, 2.45) is 7.05 Å². The van der Waals surface area contributed by atoms with Crippen molar-refractivity contribution in [2.45, 2.75) is 13.5 Å². The summed E-state index contributed by atoms with van der Waals surface area (Å²) in [6.45, 7) is 3.63. The molecule has 2 aromatic heterocycles. The first kappa shape index (κ1) is 16.2. The smallest absolute Gasteiger partial charge is 0.251 e. The Balaban J connectivity index is 1.73. The van der Waals surface area contributed by atoms with Crippen molar-refractivity contribution >= 4 is 16.9 Å². The molecule has 0 aliphatic heterocycles. The Morgan fingerprint density at radius 2 is 2.04 bits per heavy atom. The molecule has 0 spiro atoms. The molecule has 3 rings (SSSR count). The number of hydrogen-bond acceptors (Lipinski definition) is 4. The van der Waals surface area contributed by atoms with Gasteiger partial charge in [0.15, 0.2) is 0 Å². The molecule has 0 atom stereocenters. The molecule has 0 aliphatic rings. The standard InChI is InChI=1S/C17H21N5O2/c1-12-16-15(21(2)20-12)10-19-22(16)11-13-4-6-14(7-5-13)17(23)18-8-9-24-3/h4-7,10H,8-9,11H2,1-3H3,(H,18,23).